The Hall–Kier alpha value is 0.0700. The molecule has 0 radical (unpaired) electrons. The molecule has 0 aromatic rings. The Morgan fingerprint density at radius 1 is 1.60 bits per heavy atom. The smallest absolute Gasteiger partial charge is 0.302 e. The van der Waals surface area contributed by atoms with Gasteiger partial charge < -0.3 is 9.79 Å². The van der Waals surface area contributed by atoms with Crippen LogP contribution in [0.15, 0.2) is 0 Å². The van der Waals surface area contributed by atoms with Gasteiger partial charge in [0.25, 0.3) is 0 Å². The van der Waals surface area contributed by atoms with Crippen molar-refractivity contribution in [3.63, 3.8) is 0 Å². The molecule has 62 valence electrons. The summed E-state index contributed by atoms with van der Waals surface area (Å²) >= 11 is 0. The summed E-state index contributed by atoms with van der Waals surface area (Å²) in [5.74, 6) is 0. The molecule has 0 aliphatic rings. The van der Waals surface area contributed by atoms with Gasteiger partial charge in [-0.15, -0.1) is 0 Å². The maximum Gasteiger partial charge on any atom is 0.486 e. The van der Waals surface area contributed by atoms with Gasteiger partial charge in [0.2, 0.25) is 0 Å². The van der Waals surface area contributed by atoms with Crippen molar-refractivity contribution in [2.45, 2.75) is 19.8 Å². The Kier molecular flexibility index (Phi) is 4.85. The summed E-state index contributed by atoms with van der Waals surface area (Å²) in [5, 5.41) is 0. The Labute approximate surface area is 59.6 Å². The third kappa shape index (κ3) is 8.07. The van der Waals surface area contributed by atoms with Gasteiger partial charge in [-0.2, -0.15) is 10.1 Å². The zero-order chi connectivity index (χ0) is 8.04. The minimum atomic E-state index is -4.32. The van der Waals surface area contributed by atoms with Crippen LogP contribution >= 0.6 is 7.82 Å². The van der Waals surface area contributed by atoms with Gasteiger partial charge in [0.15, 0.2) is 0 Å². The summed E-state index contributed by atoms with van der Waals surface area (Å²) in [7, 11) is -4.32. The fourth-order valence-electron chi connectivity index (χ4n) is 0.379. The van der Waals surface area contributed by atoms with Crippen LogP contribution in [0.2, 0.25) is 0 Å². The van der Waals surface area contributed by atoms with Gasteiger partial charge in [0.05, 0.1) is 0 Å². The third-order valence-electron chi connectivity index (χ3n) is 0.816. The van der Waals surface area contributed by atoms with Gasteiger partial charge in [-0.25, -0.2) is 4.57 Å². The van der Waals surface area contributed by atoms with E-state index in [-0.39, 0.29) is 0 Å². The van der Waals surface area contributed by atoms with Crippen LogP contribution < -0.4 is 5.48 Å². The van der Waals surface area contributed by atoms with E-state index < -0.39 is 7.82 Å². The van der Waals surface area contributed by atoms with E-state index in [9.17, 15) is 4.57 Å². The van der Waals surface area contributed by atoms with Crippen LogP contribution in [0, 0.1) is 0 Å². The van der Waals surface area contributed by atoms with Gasteiger partial charge in [-0.3, -0.25) is 0 Å². The molecule has 0 aliphatic carbocycles. The zero-order valence-electron chi connectivity index (χ0n) is 5.78. The summed E-state index contributed by atoms with van der Waals surface area (Å²) in [6.07, 6.45) is 1.79. The number of hydrogen-bond donors (Lipinski definition) is 3. The standard InChI is InChI=1S/C4H12NO4P/c1-2-3-4-5-9-10(6,7)8/h5H,2-4H2,1H3,(H2,6,7,8). The highest BCUT2D eigenvalue weighted by Gasteiger charge is 2.12. The van der Waals surface area contributed by atoms with E-state index in [0.717, 1.165) is 12.8 Å². The predicted molar refractivity (Wildman–Crippen MR) is 36.0 cm³/mol. The Bertz CT molecular complexity index is 122. The van der Waals surface area contributed by atoms with Crippen molar-refractivity contribution in [2.24, 2.45) is 0 Å². The first-order chi connectivity index (χ1) is 4.56. The minimum Gasteiger partial charge on any atom is -0.302 e. The first-order valence-electron chi connectivity index (χ1n) is 3.03. The average Bonchev–Trinajstić information content (AvgIpc) is 1.78. The quantitative estimate of drug-likeness (QED) is 0.315. The second kappa shape index (κ2) is 4.82. The van der Waals surface area contributed by atoms with E-state index in [1.165, 1.54) is 0 Å². The molecule has 0 rings (SSSR count). The molecule has 0 fully saturated rings. The second-order valence-corrected chi connectivity index (χ2v) is 2.99. The van der Waals surface area contributed by atoms with Crippen LogP contribution in [0.1, 0.15) is 19.8 Å². The fraction of sp³-hybridized carbons (Fsp3) is 1.00. The Balaban J connectivity index is 3.13. The van der Waals surface area contributed by atoms with E-state index in [1.807, 2.05) is 6.92 Å². The highest BCUT2D eigenvalue weighted by Crippen LogP contribution is 2.33. The Morgan fingerprint density at radius 2 is 2.20 bits per heavy atom. The number of hydrogen-bond acceptors (Lipinski definition) is 3. The van der Waals surface area contributed by atoms with Crippen LogP contribution in [0.25, 0.3) is 0 Å². The van der Waals surface area contributed by atoms with E-state index in [2.05, 4.69) is 10.1 Å². The number of phosphoric acid groups is 1. The minimum absolute atomic E-state index is 0.460. The van der Waals surface area contributed by atoms with E-state index >= 15 is 0 Å². The van der Waals surface area contributed by atoms with Crippen LogP contribution in [-0.2, 0) is 9.19 Å². The van der Waals surface area contributed by atoms with Crippen molar-refractivity contribution in [3.8, 4) is 0 Å². The highest BCUT2D eigenvalue weighted by atomic mass is 31.2. The summed E-state index contributed by atoms with van der Waals surface area (Å²) in [4.78, 5) is 16.3. The average molecular weight is 169 g/mol. The van der Waals surface area contributed by atoms with Crippen LogP contribution in [0.3, 0.4) is 0 Å². The molecule has 0 saturated carbocycles. The lowest BCUT2D eigenvalue weighted by atomic mass is 10.3. The molecular weight excluding hydrogens is 157 g/mol. The molecule has 0 saturated heterocycles. The molecule has 6 heteroatoms. The summed E-state index contributed by atoms with van der Waals surface area (Å²) in [6.45, 7) is 2.43. The van der Waals surface area contributed by atoms with Crippen molar-refractivity contribution >= 4 is 7.82 Å². The lowest BCUT2D eigenvalue weighted by molar-refractivity contribution is 0.124. The van der Waals surface area contributed by atoms with Crippen molar-refractivity contribution in [1.82, 2.24) is 5.48 Å². The molecule has 0 aliphatic heterocycles. The molecule has 0 aromatic heterocycles. The lowest BCUT2D eigenvalue weighted by Gasteiger charge is -2.04. The predicted octanol–water partition coefficient (Wildman–Crippen LogP) is 0.400. The van der Waals surface area contributed by atoms with Crippen molar-refractivity contribution in [3.05, 3.63) is 0 Å². The van der Waals surface area contributed by atoms with Crippen LogP contribution in [-0.4, -0.2) is 16.3 Å². The fourth-order valence-corrected chi connectivity index (χ4v) is 0.638. The van der Waals surface area contributed by atoms with Gasteiger partial charge in [0.1, 0.15) is 0 Å². The maximum absolute atomic E-state index is 10.0. The first-order valence-corrected chi connectivity index (χ1v) is 4.56. The van der Waals surface area contributed by atoms with Crippen molar-refractivity contribution < 1.29 is 19.0 Å². The molecular formula is C4H12NO4P. The van der Waals surface area contributed by atoms with E-state index in [1.54, 1.807) is 0 Å². The van der Waals surface area contributed by atoms with Crippen LogP contribution in [0.4, 0.5) is 0 Å². The number of hydroxylamine groups is 1. The van der Waals surface area contributed by atoms with Gasteiger partial charge in [0, 0.05) is 6.54 Å². The summed E-state index contributed by atoms with van der Waals surface area (Å²) < 4.78 is 14.0. The van der Waals surface area contributed by atoms with Crippen molar-refractivity contribution in [2.75, 3.05) is 6.54 Å². The van der Waals surface area contributed by atoms with Crippen molar-refractivity contribution in [1.29, 1.82) is 0 Å². The van der Waals surface area contributed by atoms with E-state index in [0.29, 0.717) is 6.54 Å². The van der Waals surface area contributed by atoms with Crippen LogP contribution in [0.5, 0.6) is 0 Å². The molecule has 0 amide bonds. The molecule has 0 atom stereocenters. The summed E-state index contributed by atoms with van der Waals surface area (Å²) in [5.41, 5.74) is 2.16. The molecule has 0 spiro atoms. The number of nitrogens with one attached hydrogen (secondary N) is 1. The zero-order valence-corrected chi connectivity index (χ0v) is 6.67. The van der Waals surface area contributed by atoms with Gasteiger partial charge >= 0.3 is 7.82 Å². The highest BCUT2D eigenvalue weighted by molar-refractivity contribution is 7.46. The number of unbranched alkanes of at least 4 members (excludes halogenated alkanes) is 1. The third-order valence-corrected chi connectivity index (χ3v) is 1.18. The monoisotopic (exact) mass is 169 g/mol. The number of rotatable bonds is 5. The molecule has 0 bridgehead atoms. The maximum atomic E-state index is 10.0. The normalized spacial score (nSPS) is 11.9. The molecule has 10 heavy (non-hydrogen) atoms. The van der Waals surface area contributed by atoms with Gasteiger partial charge in [-0.05, 0) is 6.42 Å². The Morgan fingerprint density at radius 3 is 2.60 bits per heavy atom. The second-order valence-electron chi connectivity index (χ2n) is 1.83. The molecule has 0 aromatic carbocycles. The largest absolute Gasteiger partial charge is 0.486 e. The molecule has 5 nitrogen and oxygen atoms in total. The topological polar surface area (TPSA) is 78.8 Å². The first kappa shape index (κ1) is 10.1. The SMILES string of the molecule is CCCCNOP(=O)(O)O. The molecule has 0 heterocycles. The molecule has 0 unspecified atom stereocenters. The lowest BCUT2D eigenvalue weighted by Crippen LogP contribution is -2.13. The molecule has 3 N–H and O–H groups in total. The van der Waals surface area contributed by atoms with Gasteiger partial charge in [-0.1, -0.05) is 13.3 Å². The summed E-state index contributed by atoms with van der Waals surface area (Å²) in [6, 6.07) is 0. The van der Waals surface area contributed by atoms with E-state index in [4.69, 9.17) is 9.79 Å².